The maximum Gasteiger partial charge on any atom is 0.253 e. The number of aromatic nitrogens is 2. The molecule has 1 atom stereocenters. The van der Waals surface area contributed by atoms with Gasteiger partial charge in [0.2, 0.25) is 0 Å². The monoisotopic (exact) mass is 488 g/mol. The molecule has 35 heavy (non-hydrogen) atoms. The largest absolute Gasteiger partial charge is 0.345 e. The Kier molecular flexibility index (Phi) is 5.58. The minimum atomic E-state index is -0.207. The molecule has 2 aliphatic heterocycles. The van der Waals surface area contributed by atoms with Crippen molar-refractivity contribution < 1.29 is 9.18 Å². The first-order valence-electron chi connectivity index (χ1n) is 12.0. The second-order valence-corrected chi connectivity index (χ2v) is 10.2. The summed E-state index contributed by atoms with van der Waals surface area (Å²) in [5.41, 5.74) is 4.71. The molecule has 3 heterocycles. The van der Waals surface area contributed by atoms with Crippen molar-refractivity contribution in [2.45, 2.75) is 25.4 Å². The van der Waals surface area contributed by atoms with Gasteiger partial charge in [0.05, 0.1) is 17.4 Å². The molecule has 1 amide bonds. The van der Waals surface area contributed by atoms with Crippen molar-refractivity contribution in [3.05, 3.63) is 101 Å². The summed E-state index contributed by atoms with van der Waals surface area (Å²) < 4.78 is 13.8. The zero-order valence-corrected chi connectivity index (χ0v) is 20.0. The molecule has 1 unspecified atom stereocenters. The quantitative estimate of drug-likeness (QED) is 0.393. The number of nitrogens with one attached hydrogen (secondary N) is 1. The molecule has 0 saturated carbocycles. The number of rotatable bonds is 4. The fraction of sp³-hybridized carbons (Fsp3) is 0.286. The molecular formula is C28H26ClFN4O. The standard InChI is InChI=1S/C28H26ClFN4O/c29-22-7-4-20(5-8-22)26-28(17-34(26)16-19-2-1-3-23(30)14-19)10-12-33(13-11-28)27(35)21-6-9-24-25(15-21)32-18-31-24/h1-9,14-15,18,26H,10-13,16-17H2,(H,31,32). The van der Waals surface area contributed by atoms with Gasteiger partial charge in [0, 0.05) is 48.2 Å². The first-order valence-corrected chi connectivity index (χ1v) is 12.3. The van der Waals surface area contributed by atoms with Crippen LogP contribution >= 0.6 is 11.6 Å². The molecule has 178 valence electrons. The Hall–Kier alpha value is -3.22. The average Bonchev–Trinajstić information content (AvgIpc) is 3.33. The van der Waals surface area contributed by atoms with Gasteiger partial charge in [-0.1, -0.05) is 35.9 Å². The number of aromatic amines is 1. The molecular weight excluding hydrogens is 463 g/mol. The highest BCUT2D eigenvalue weighted by Gasteiger charge is 2.54. The number of H-pyrrole nitrogens is 1. The maximum absolute atomic E-state index is 13.8. The topological polar surface area (TPSA) is 52.2 Å². The van der Waals surface area contributed by atoms with Gasteiger partial charge < -0.3 is 9.88 Å². The van der Waals surface area contributed by atoms with Gasteiger partial charge in [-0.15, -0.1) is 0 Å². The highest BCUT2D eigenvalue weighted by molar-refractivity contribution is 6.30. The normalized spacial score (nSPS) is 19.7. The smallest absolute Gasteiger partial charge is 0.253 e. The molecule has 2 aliphatic rings. The van der Waals surface area contributed by atoms with Crippen molar-refractivity contribution in [2.75, 3.05) is 19.6 Å². The van der Waals surface area contributed by atoms with Crippen LogP contribution in [0.15, 0.2) is 73.1 Å². The van der Waals surface area contributed by atoms with Crippen molar-refractivity contribution in [1.82, 2.24) is 19.8 Å². The summed E-state index contributed by atoms with van der Waals surface area (Å²) in [6.45, 7) is 3.06. The second kappa shape index (κ2) is 8.77. The van der Waals surface area contributed by atoms with Crippen LogP contribution in [-0.2, 0) is 6.54 Å². The van der Waals surface area contributed by atoms with Crippen LogP contribution < -0.4 is 0 Å². The molecule has 2 saturated heterocycles. The Labute approximate surface area is 208 Å². The number of piperidine rings is 1. The zero-order valence-electron chi connectivity index (χ0n) is 19.3. The van der Waals surface area contributed by atoms with E-state index in [1.807, 2.05) is 41.3 Å². The van der Waals surface area contributed by atoms with E-state index in [2.05, 4.69) is 27.0 Å². The van der Waals surface area contributed by atoms with Gasteiger partial charge in [0.15, 0.2) is 0 Å². The van der Waals surface area contributed by atoms with E-state index in [4.69, 9.17) is 11.6 Å². The van der Waals surface area contributed by atoms with Gasteiger partial charge in [-0.25, -0.2) is 9.37 Å². The van der Waals surface area contributed by atoms with Gasteiger partial charge in [-0.3, -0.25) is 9.69 Å². The van der Waals surface area contributed by atoms with Crippen molar-refractivity contribution >= 4 is 28.5 Å². The van der Waals surface area contributed by atoms with E-state index in [1.54, 1.807) is 18.5 Å². The number of hydrogen-bond donors (Lipinski definition) is 1. The first-order chi connectivity index (χ1) is 17.0. The van der Waals surface area contributed by atoms with Crippen molar-refractivity contribution in [3.63, 3.8) is 0 Å². The predicted molar refractivity (Wildman–Crippen MR) is 135 cm³/mol. The number of nitrogens with zero attached hydrogens (tertiary/aromatic N) is 3. The Bertz CT molecular complexity index is 1380. The van der Waals surface area contributed by atoms with Gasteiger partial charge in [-0.2, -0.15) is 0 Å². The van der Waals surface area contributed by atoms with Gasteiger partial charge in [0.25, 0.3) is 5.91 Å². The minimum Gasteiger partial charge on any atom is -0.345 e. The van der Waals surface area contributed by atoms with Gasteiger partial charge >= 0.3 is 0 Å². The highest BCUT2D eigenvalue weighted by atomic mass is 35.5. The lowest BCUT2D eigenvalue weighted by Crippen LogP contribution is -2.62. The molecule has 7 heteroatoms. The molecule has 3 aromatic carbocycles. The highest BCUT2D eigenvalue weighted by Crippen LogP contribution is 2.55. The van der Waals surface area contributed by atoms with Crippen LogP contribution in [0.3, 0.4) is 0 Å². The third kappa shape index (κ3) is 4.11. The second-order valence-electron chi connectivity index (χ2n) is 9.78. The molecule has 5 nitrogen and oxygen atoms in total. The Balaban J connectivity index is 1.21. The van der Waals surface area contributed by atoms with Crippen molar-refractivity contribution in [3.8, 4) is 0 Å². The fourth-order valence-electron chi connectivity index (χ4n) is 5.92. The minimum absolute atomic E-state index is 0.0651. The van der Waals surface area contributed by atoms with Crippen LogP contribution in [0, 0.1) is 11.2 Å². The molecule has 4 aromatic rings. The number of carbonyl (C=O) groups excluding carboxylic acids is 1. The molecule has 2 fully saturated rings. The Morgan fingerprint density at radius 2 is 1.89 bits per heavy atom. The third-order valence-electron chi connectivity index (χ3n) is 7.64. The van der Waals surface area contributed by atoms with Crippen LogP contribution in [0.25, 0.3) is 11.0 Å². The van der Waals surface area contributed by atoms with E-state index in [0.29, 0.717) is 17.1 Å². The Morgan fingerprint density at radius 1 is 1.09 bits per heavy atom. The number of fused-ring (bicyclic) bond motifs is 1. The molecule has 1 aromatic heterocycles. The summed E-state index contributed by atoms with van der Waals surface area (Å²) in [6, 6.07) is 20.8. The lowest BCUT2D eigenvalue weighted by atomic mass is 9.63. The average molecular weight is 489 g/mol. The molecule has 0 radical (unpaired) electrons. The van der Waals surface area contributed by atoms with E-state index in [9.17, 15) is 9.18 Å². The SMILES string of the molecule is O=C(c1ccc2nc[nH]c2c1)N1CCC2(CC1)CN(Cc1cccc(F)c1)C2c1ccc(Cl)cc1. The van der Waals surface area contributed by atoms with Crippen LogP contribution in [0.5, 0.6) is 0 Å². The van der Waals surface area contributed by atoms with Crippen molar-refractivity contribution in [2.24, 2.45) is 5.41 Å². The number of likely N-dealkylation sites (tertiary alicyclic amines) is 2. The van der Waals surface area contributed by atoms with Crippen LogP contribution in [0.4, 0.5) is 4.39 Å². The number of hydrogen-bond acceptors (Lipinski definition) is 3. The molecule has 1 spiro atoms. The summed E-state index contributed by atoms with van der Waals surface area (Å²) in [5.74, 6) is -0.142. The summed E-state index contributed by atoms with van der Waals surface area (Å²) >= 11 is 6.17. The molecule has 0 bridgehead atoms. The summed E-state index contributed by atoms with van der Waals surface area (Å²) in [6.07, 6.45) is 3.50. The van der Waals surface area contributed by atoms with Gasteiger partial charge in [-0.05, 0) is 66.4 Å². The Morgan fingerprint density at radius 3 is 2.66 bits per heavy atom. The molecule has 0 aliphatic carbocycles. The van der Waals surface area contributed by atoms with Crippen molar-refractivity contribution in [1.29, 1.82) is 0 Å². The van der Waals surface area contributed by atoms with Gasteiger partial charge in [0.1, 0.15) is 5.82 Å². The molecule has 1 N–H and O–H groups in total. The van der Waals surface area contributed by atoms with E-state index in [-0.39, 0.29) is 23.2 Å². The summed E-state index contributed by atoms with van der Waals surface area (Å²) in [5, 5.41) is 0.716. The van der Waals surface area contributed by atoms with Crippen LogP contribution in [-0.4, -0.2) is 45.3 Å². The maximum atomic E-state index is 13.8. The number of amides is 1. The first kappa shape index (κ1) is 22.3. The fourth-order valence-corrected chi connectivity index (χ4v) is 6.05. The lowest BCUT2D eigenvalue weighted by Gasteiger charge is -2.61. The lowest BCUT2D eigenvalue weighted by molar-refractivity contribution is -0.113. The number of benzene rings is 3. The molecule has 6 rings (SSSR count). The number of imidazole rings is 1. The summed E-state index contributed by atoms with van der Waals surface area (Å²) in [7, 11) is 0. The van der Waals surface area contributed by atoms with E-state index >= 15 is 0 Å². The zero-order chi connectivity index (χ0) is 24.0. The predicted octanol–water partition coefficient (Wildman–Crippen LogP) is 5.83. The van der Waals surface area contributed by atoms with E-state index < -0.39 is 0 Å². The van der Waals surface area contributed by atoms with E-state index in [1.165, 1.54) is 11.6 Å². The number of carbonyl (C=O) groups is 1. The van der Waals surface area contributed by atoms with Crippen LogP contribution in [0.1, 0.15) is 40.4 Å². The summed E-state index contributed by atoms with van der Waals surface area (Å²) in [4.78, 5) is 25.0. The third-order valence-corrected chi connectivity index (χ3v) is 7.89. The number of halogens is 2. The van der Waals surface area contributed by atoms with E-state index in [0.717, 1.165) is 49.1 Å². The van der Waals surface area contributed by atoms with Crippen LogP contribution in [0.2, 0.25) is 5.02 Å².